The van der Waals surface area contributed by atoms with Crippen LogP contribution in [0.5, 0.6) is 11.5 Å². The summed E-state index contributed by atoms with van der Waals surface area (Å²) in [6.07, 6.45) is 3.26. The van der Waals surface area contributed by atoms with Crippen LogP contribution in [0.25, 0.3) is 5.76 Å². The molecule has 2 aromatic heterocycles. The molecule has 1 atom stereocenters. The van der Waals surface area contributed by atoms with Crippen molar-refractivity contribution in [2.75, 3.05) is 14.2 Å². The molecule has 3 aromatic rings. The first kappa shape index (κ1) is 22.1. The van der Waals surface area contributed by atoms with Gasteiger partial charge in [-0.1, -0.05) is 18.2 Å². The zero-order valence-corrected chi connectivity index (χ0v) is 18.7. The maximum Gasteiger partial charge on any atom is 0.295 e. The molecular formula is C24H24N4O5. The second-order valence-corrected chi connectivity index (χ2v) is 7.68. The molecule has 0 aliphatic carbocycles. The van der Waals surface area contributed by atoms with Crippen LogP contribution in [-0.2, 0) is 16.1 Å². The van der Waals surface area contributed by atoms with Crippen LogP contribution >= 0.6 is 0 Å². The van der Waals surface area contributed by atoms with Gasteiger partial charge in [0.2, 0.25) is 0 Å². The number of aromatic amines is 1. The summed E-state index contributed by atoms with van der Waals surface area (Å²) in [5, 5.41) is 18.2. The molecule has 0 unspecified atom stereocenters. The molecule has 33 heavy (non-hydrogen) atoms. The average molecular weight is 448 g/mol. The van der Waals surface area contributed by atoms with Crippen molar-refractivity contribution in [1.29, 1.82) is 0 Å². The summed E-state index contributed by atoms with van der Waals surface area (Å²) in [6, 6.07) is 7.87. The number of benzene rings is 1. The number of carbonyl (C=O) groups excluding carboxylic acids is 2. The Hall–Kier alpha value is -4.14. The van der Waals surface area contributed by atoms with Crippen molar-refractivity contribution < 1.29 is 24.2 Å². The molecule has 3 heterocycles. The van der Waals surface area contributed by atoms with E-state index >= 15 is 0 Å². The zero-order chi connectivity index (χ0) is 23.7. The van der Waals surface area contributed by atoms with Crippen LogP contribution in [0.1, 0.15) is 34.1 Å². The van der Waals surface area contributed by atoms with E-state index in [-0.39, 0.29) is 17.9 Å². The summed E-state index contributed by atoms with van der Waals surface area (Å²) in [5.41, 5.74) is 2.70. The molecule has 0 bridgehead atoms. The Balaban J connectivity index is 1.97. The minimum Gasteiger partial charge on any atom is -0.507 e. The summed E-state index contributed by atoms with van der Waals surface area (Å²) in [4.78, 5) is 32.0. The van der Waals surface area contributed by atoms with E-state index in [1.807, 2.05) is 6.07 Å². The number of amides is 1. The van der Waals surface area contributed by atoms with Gasteiger partial charge in [-0.05, 0) is 31.5 Å². The number of nitrogens with one attached hydrogen (secondary N) is 1. The summed E-state index contributed by atoms with van der Waals surface area (Å²) < 4.78 is 11.0. The molecule has 1 aliphatic rings. The third kappa shape index (κ3) is 3.71. The van der Waals surface area contributed by atoms with Crippen molar-refractivity contribution in [3.63, 3.8) is 0 Å². The number of aliphatic hydroxyl groups excluding tert-OH is 1. The van der Waals surface area contributed by atoms with Gasteiger partial charge in [0, 0.05) is 30.2 Å². The van der Waals surface area contributed by atoms with Gasteiger partial charge in [0.25, 0.3) is 11.7 Å². The van der Waals surface area contributed by atoms with E-state index in [0.717, 1.165) is 5.56 Å². The third-order valence-corrected chi connectivity index (χ3v) is 5.71. The number of ether oxygens (including phenoxy) is 2. The first-order chi connectivity index (χ1) is 15.9. The first-order valence-corrected chi connectivity index (χ1v) is 10.3. The van der Waals surface area contributed by atoms with Crippen molar-refractivity contribution >= 4 is 17.4 Å². The van der Waals surface area contributed by atoms with E-state index in [9.17, 15) is 14.7 Å². The normalized spacial score (nSPS) is 17.5. The molecule has 170 valence electrons. The Labute approximate surface area is 190 Å². The number of aliphatic hydroxyl groups is 1. The number of pyridine rings is 1. The minimum atomic E-state index is -0.913. The smallest absolute Gasteiger partial charge is 0.295 e. The van der Waals surface area contributed by atoms with Crippen molar-refractivity contribution in [1.82, 2.24) is 20.1 Å². The van der Waals surface area contributed by atoms with E-state index in [0.29, 0.717) is 34.0 Å². The standard InChI is InChI=1S/C24H24N4O5/c1-13-18(14(2)27-26-13)21(29)19-20(16-8-5-9-17(32-3)23(16)33-4)28(24(31)22(19)30)12-15-7-6-10-25-11-15/h5-11,20,29H,12H2,1-4H3,(H,26,27)/t20-/m1/s1. The highest BCUT2D eigenvalue weighted by Gasteiger charge is 2.47. The molecule has 0 spiro atoms. The van der Waals surface area contributed by atoms with E-state index in [1.165, 1.54) is 19.1 Å². The van der Waals surface area contributed by atoms with Crippen molar-refractivity contribution in [2.24, 2.45) is 0 Å². The van der Waals surface area contributed by atoms with Gasteiger partial charge in [-0.15, -0.1) is 0 Å². The van der Waals surface area contributed by atoms with Gasteiger partial charge in [0.1, 0.15) is 5.76 Å². The molecule has 1 aliphatic heterocycles. The first-order valence-electron chi connectivity index (χ1n) is 10.3. The van der Waals surface area contributed by atoms with Crippen LogP contribution < -0.4 is 9.47 Å². The summed E-state index contributed by atoms with van der Waals surface area (Å²) >= 11 is 0. The molecule has 4 rings (SSSR count). The van der Waals surface area contributed by atoms with E-state index in [4.69, 9.17) is 9.47 Å². The SMILES string of the molecule is COc1cccc([C@@H]2C(=C(O)c3c(C)n[nH]c3C)C(=O)C(=O)N2Cc2cccnc2)c1OC. The second-order valence-electron chi connectivity index (χ2n) is 7.68. The van der Waals surface area contributed by atoms with E-state index in [1.54, 1.807) is 50.5 Å². The van der Waals surface area contributed by atoms with Crippen LogP contribution in [-0.4, -0.2) is 51.1 Å². The molecule has 1 aromatic carbocycles. The van der Waals surface area contributed by atoms with E-state index in [2.05, 4.69) is 15.2 Å². The van der Waals surface area contributed by atoms with Crippen molar-refractivity contribution in [3.8, 4) is 11.5 Å². The van der Waals surface area contributed by atoms with Crippen molar-refractivity contribution in [3.05, 3.63) is 76.4 Å². The van der Waals surface area contributed by atoms with Crippen LogP contribution in [0.4, 0.5) is 0 Å². The van der Waals surface area contributed by atoms with Crippen LogP contribution in [0.3, 0.4) is 0 Å². The second kappa shape index (κ2) is 8.78. The third-order valence-electron chi connectivity index (χ3n) is 5.71. The highest BCUT2D eigenvalue weighted by Crippen LogP contribution is 2.46. The predicted molar refractivity (Wildman–Crippen MR) is 120 cm³/mol. The van der Waals surface area contributed by atoms with Gasteiger partial charge < -0.3 is 19.5 Å². The number of rotatable bonds is 6. The molecule has 0 radical (unpaired) electrons. The number of hydrogen-bond acceptors (Lipinski definition) is 7. The largest absolute Gasteiger partial charge is 0.507 e. The van der Waals surface area contributed by atoms with Gasteiger partial charge in [-0.3, -0.25) is 19.7 Å². The van der Waals surface area contributed by atoms with Gasteiger partial charge in [0.05, 0.1) is 37.1 Å². The quantitative estimate of drug-likeness (QED) is 0.338. The van der Waals surface area contributed by atoms with E-state index < -0.39 is 17.7 Å². The molecule has 9 nitrogen and oxygen atoms in total. The van der Waals surface area contributed by atoms with Gasteiger partial charge in [-0.2, -0.15) is 5.10 Å². The summed E-state index contributed by atoms with van der Waals surface area (Å²) in [5.74, 6) is -0.992. The number of carbonyl (C=O) groups is 2. The lowest BCUT2D eigenvalue weighted by Gasteiger charge is -2.27. The summed E-state index contributed by atoms with van der Waals surface area (Å²) in [7, 11) is 2.99. The molecule has 1 amide bonds. The van der Waals surface area contributed by atoms with Gasteiger partial charge in [0.15, 0.2) is 11.5 Å². The maximum atomic E-state index is 13.3. The Kier molecular flexibility index (Phi) is 5.87. The number of methoxy groups -OCH3 is 2. The molecular weight excluding hydrogens is 424 g/mol. The number of aryl methyl sites for hydroxylation is 2. The number of ketones is 1. The Morgan fingerprint density at radius 2 is 1.94 bits per heavy atom. The van der Waals surface area contributed by atoms with Crippen molar-refractivity contribution in [2.45, 2.75) is 26.4 Å². The molecule has 1 saturated heterocycles. The number of aromatic nitrogens is 3. The fourth-order valence-corrected chi connectivity index (χ4v) is 4.22. The Bertz CT molecular complexity index is 1230. The molecule has 2 N–H and O–H groups in total. The van der Waals surface area contributed by atoms with Gasteiger partial charge >= 0.3 is 0 Å². The lowest BCUT2D eigenvalue weighted by Crippen LogP contribution is -2.29. The Morgan fingerprint density at radius 1 is 1.15 bits per heavy atom. The number of H-pyrrole nitrogens is 1. The highest BCUT2D eigenvalue weighted by atomic mass is 16.5. The fraction of sp³-hybridized carbons (Fsp3) is 0.250. The van der Waals surface area contributed by atoms with Gasteiger partial charge in [-0.25, -0.2) is 0 Å². The number of likely N-dealkylation sites (tertiary alicyclic amines) is 1. The maximum absolute atomic E-state index is 13.3. The Morgan fingerprint density at radius 3 is 2.55 bits per heavy atom. The average Bonchev–Trinajstić information content (AvgIpc) is 3.29. The molecule has 0 saturated carbocycles. The molecule has 1 fully saturated rings. The zero-order valence-electron chi connectivity index (χ0n) is 18.7. The predicted octanol–water partition coefficient (Wildman–Crippen LogP) is 3.06. The lowest BCUT2D eigenvalue weighted by molar-refractivity contribution is -0.140. The highest BCUT2D eigenvalue weighted by molar-refractivity contribution is 6.46. The number of hydrogen-bond donors (Lipinski definition) is 2. The topological polar surface area (TPSA) is 118 Å². The number of Topliss-reactive ketones (excluding diaryl/α,β-unsaturated/α-hetero) is 1. The number of nitrogens with zero attached hydrogens (tertiary/aromatic N) is 3. The number of para-hydroxylation sites is 1. The van der Waals surface area contributed by atoms with Crippen LogP contribution in [0.2, 0.25) is 0 Å². The lowest BCUT2D eigenvalue weighted by atomic mass is 9.93. The fourth-order valence-electron chi connectivity index (χ4n) is 4.22. The minimum absolute atomic E-state index is 0.0388. The van der Waals surface area contributed by atoms with Crippen LogP contribution in [0.15, 0.2) is 48.3 Å². The summed E-state index contributed by atoms with van der Waals surface area (Å²) in [6.45, 7) is 3.57. The van der Waals surface area contributed by atoms with Crippen LogP contribution in [0, 0.1) is 13.8 Å². The monoisotopic (exact) mass is 448 g/mol. The molecule has 9 heteroatoms.